The fourth-order valence-electron chi connectivity index (χ4n) is 2.26. The first-order valence-corrected chi connectivity index (χ1v) is 7.86. The fourth-order valence-corrected chi connectivity index (χ4v) is 2.47. The fraction of sp³-hybridized carbons (Fsp3) is 0.471. The number of aromatic nitrogens is 1. The molecule has 1 aromatic carbocycles. The molecular weight excluding hydrogens is 270 g/mol. The van der Waals surface area contributed by atoms with E-state index in [1.807, 2.05) is 18.2 Å². The van der Waals surface area contributed by atoms with Crippen molar-refractivity contribution in [2.24, 2.45) is 0 Å². The molecule has 0 aliphatic carbocycles. The van der Waals surface area contributed by atoms with Crippen LogP contribution < -0.4 is 4.74 Å². The molecule has 0 fully saturated rings. The average molecular weight is 292 g/mol. The zero-order chi connectivity index (χ0) is 14.2. The van der Waals surface area contributed by atoms with Crippen molar-refractivity contribution < 1.29 is 4.74 Å². The maximum atomic E-state index is 6.12. The van der Waals surface area contributed by atoms with Crippen LogP contribution in [0, 0.1) is 0 Å². The monoisotopic (exact) mass is 291 g/mol. The predicted octanol–water partition coefficient (Wildman–Crippen LogP) is 5.63. The SMILES string of the molecule is CCCCCCCCOc1ccc2c(Cl)ccnc2c1. The first kappa shape index (κ1) is 15.1. The Morgan fingerprint density at radius 1 is 1.05 bits per heavy atom. The zero-order valence-corrected chi connectivity index (χ0v) is 12.8. The van der Waals surface area contributed by atoms with Gasteiger partial charge in [-0.1, -0.05) is 50.6 Å². The molecule has 2 rings (SSSR count). The van der Waals surface area contributed by atoms with Crippen molar-refractivity contribution in [3.63, 3.8) is 0 Å². The summed E-state index contributed by atoms with van der Waals surface area (Å²) in [6, 6.07) is 7.70. The van der Waals surface area contributed by atoms with Crippen LogP contribution in [0.1, 0.15) is 45.4 Å². The molecular formula is C17H22ClNO. The number of hydrogen-bond donors (Lipinski definition) is 0. The first-order chi connectivity index (χ1) is 9.81. The van der Waals surface area contributed by atoms with E-state index in [0.29, 0.717) is 0 Å². The number of rotatable bonds is 8. The van der Waals surface area contributed by atoms with Gasteiger partial charge in [0.25, 0.3) is 0 Å². The lowest BCUT2D eigenvalue weighted by Crippen LogP contribution is -1.97. The summed E-state index contributed by atoms with van der Waals surface area (Å²) in [5.41, 5.74) is 0.887. The van der Waals surface area contributed by atoms with E-state index in [-0.39, 0.29) is 0 Å². The summed E-state index contributed by atoms with van der Waals surface area (Å²) in [6.45, 7) is 3.02. The number of hydrogen-bond acceptors (Lipinski definition) is 2. The van der Waals surface area contributed by atoms with Crippen LogP contribution in [0.15, 0.2) is 30.5 Å². The number of halogens is 1. The third-order valence-corrected chi connectivity index (χ3v) is 3.76. The molecule has 1 heterocycles. The molecule has 0 amide bonds. The third kappa shape index (κ3) is 4.38. The Balaban J connectivity index is 1.79. The van der Waals surface area contributed by atoms with Crippen molar-refractivity contribution in [3.8, 4) is 5.75 Å². The Hall–Kier alpha value is -1.28. The lowest BCUT2D eigenvalue weighted by molar-refractivity contribution is 0.304. The van der Waals surface area contributed by atoms with Crippen molar-refractivity contribution in [2.45, 2.75) is 45.4 Å². The predicted molar refractivity (Wildman–Crippen MR) is 85.6 cm³/mol. The standard InChI is InChI=1S/C17H22ClNO/c1-2-3-4-5-6-7-12-20-14-8-9-15-16(18)10-11-19-17(15)13-14/h8-11,13H,2-7,12H2,1H3. The summed E-state index contributed by atoms with van der Waals surface area (Å²) in [4.78, 5) is 4.32. The second-order valence-electron chi connectivity index (χ2n) is 5.09. The molecule has 0 atom stereocenters. The van der Waals surface area contributed by atoms with E-state index in [1.54, 1.807) is 12.3 Å². The van der Waals surface area contributed by atoms with Gasteiger partial charge < -0.3 is 4.74 Å². The molecule has 3 heteroatoms. The number of unbranched alkanes of at least 4 members (excludes halogenated alkanes) is 5. The molecule has 0 saturated heterocycles. The van der Waals surface area contributed by atoms with Gasteiger partial charge in [0.15, 0.2) is 0 Å². The van der Waals surface area contributed by atoms with E-state index in [9.17, 15) is 0 Å². The number of ether oxygens (including phenoxy) is 1. The van der Waals surface area contributed by atoms with Crippen LogP contribution >= 0.6 is 11.6 Å². The van der Waals surface area contributed by atoms with Gasteiger partial charge in [0, 0.05) is 17.6 Å². The molecule has 0 saturated carbocycles. The molecule has 0 aliphatic heterocycles. The summed E-state index contributed by atoms with van der Waals surface area (Å²) in [6.07, 6.45) is 9.38. The summed E-state index contributed by atoms with van der Waals surface area (Å²) < 4.78 is 5.78. The van der Waals surface area contributed by atoms with Crippen LogP contribution in [0.3, 0.4) is 0 Å². The van der Waals surface area contributed by atoms with Crippen molar-refractivity contribution >= 4 is 22.5 Å². The highest BCUT2D eigenvalue weighted by Crippen LogP contribution is 2.25. The molecule has 0 unspecified atom stereocenters. The third-order valence-electron chi connectivity index (χ3n) is 3.43. The van der Waals surface area contributed by atoms with E-state index in [2.05, 4.69) is 11.9 Å². The van der Waals surface area contributed by atoms with Gasteiger partial charge in [0.2, 0.25) is 0 Å². The van der Waals surface area contributed by atoms with Gasteiger partial charge in [0.1, 0.15) is 5.75 Å². The lowest BCUT2D eigenvalue weighted by Gasteiger charge is -2.07. The summed E-state index contributed by atoms with van der Waals surface area (Å²) in [5, 5.41) is 1.71. The molecule has 0 N–H and O–H groups in total. The summed E-state index contributed by atoms with van der Waals surface area (Å²) in [5.74, 6) is 0.876. The molecule has 2 nitrogen and oxygen atoms in total. The van der Waals surface area contributed by atoms with Crippen LogP contribution in [-0.2, 0) is 0 Å². The second-order valence-corrected chi connectivity index (χ2v) is 5.50. The van der Waals surface area contributed by atoms with Crippen molar-refractivity contribution in [1.29, 1.82) is 0 Å². The highest BCUT2D eigenvalue weighted by molar-refractivity contribution is 6.35. The minimum atomic E-state index is 0.734. The maximum Gasteiger partial charge on any atom is 0.121 e. The Labute approximate surface area is 126 Å². The van der Waals surface area contributed by atoms with Gasteiger partial charge in [-0.3, -0.25) is 4.98 Å². The van der Waals surface area contributed by atoms with E-state index < -0.39 is 0 Å². The molecule has 0 bridgehead atoms. The number of benzene rings is 1. The van der Waals surface area contributed by atoms with Crippen LogP contribution in [0.4, 0.5) is 0 Å². The van der Waals surface area contributed by atoms with Gasteiger partial charge in [0.05, 0.1) is 17.1 Å². The average Bonchev–Trinajstić information content (AvgIpc) is 2.46. The molecule has 20 heavy (non-hydrogen) atoms. The molecule has 1 aromatic heterocycles. The van der Waals surface area contributed by atoms with Crippen molar-refractivity contribution in [1.82, 2.24) is 4.98 Å². The van der Waals surface area contributed by atoms with Gasteiger partial charge in [-0.15, -0.1) is 0 Å². The van der Waals surface area contributed by atoms with E-state index in [0.717, 1.165) is 34.7 Å². The number of pyridine rings is 1. The van der Waals surface area contributed by atoms with Gasteiger partial charge in [-0.25, -0.2) is 0 Å². The van der Waals surface area contributed by atoms with Gasteiger partial charge in [-0.05, 0) is 24.6 Å². The summed E-state index contributed by atoms with van der Waals surface area (Å²) in [7, 11) is 0. The molecule has 0 spiro atoms. The van der Waals surface area contributed by atoms with E-state index >= 15 is 0 Å². The van der Waals surface area contributed by atoms with Crippen molar-refractivity contribution in [3.05, 3.63) is 35.5 Å². The highest BCUT2D eigenvalue weighted by atomic mass is 35.5. The Bertz CT molecular complexity index is 542. The smallest absolute Gasteiger partial charge is 0.121 e. The minimum Gasteiger partial charge on any atom is -0.494 e. The zero-order valence-electron chi connectivity index (χ0n) is 12.1. The molecule has 108 valence electrons. The topological polar surface area (TPSA) is 22.1 Å². The van der Waals surface area contributed by atoms with Crippen LogP contribution in [0.25, 0.3) is 10.9 Å². The van der Waals surface area contributed by atoms with Gasteiger partial charge in [-0.2, -0.15) is 0 Å². The molecule has 0 aliphatic rings. The minimum absolute atomic E-state index is 0.734. The largest absolute Gasteiger partial charge is 0.494 e. The van der Waals surface area contributed by atoms with Crippen LogP contribution in [0.5, 0.6) is 5.75 Å². The Morgan fingerprint density at radius 2 is 1.85 bits per heavy atom. The highest BCUT2D eigenvalue weighted by Gasteiger charge is 2.02. The Kier molecular flexibility index (Phi) is 6.13. The lowest BCUT2D eigenvalue weighted by atomic mass is 10.1. The van der Waals surface area contributed by atoms with Crippen molar-refractivity contribution in [2.75, 3.05) is 6.61 Å². The second kappa shape index (κ2) is 8.11. The normalized spacial score (nSPS) is 10.9. The van der Waals surface area contributed by atoms with Crippen LogP contribution in [-0.4, -0.2) is 11.6 Å². The van der Waals surface area contributed by atoms with Gasteiger partial charge >= 0.3 is 0 Å². The Morgan fingerprint density at radius 3 is 2.70 bits per heavy atom. The van der Waals surface area contributed by atoms with Crippen LogP contribution in [0.2, 0.25) is 5.02 Å². The summed E-state index contributed by atoms with van der Waals surface area (Å²) >= 11 is 6.12. The molecule has 0 radical (unpaired) electrons. The maximum absolute atomic E-state index is 6.12. The van der Waals surface area contributed by atoms with E-state index in [4.69, 9.17) is 16.3 Å². The van der Waals surface area contributed by atoms with E-state index in [1.165, 1.54) is 32.1 Å². The first-order valence-electron chi connectivity index (χ1n) is 7.48. The number of fused-ring (bicyclic) bond motifs is 1. The number of nitrogens with zero attached hydrogens (tertiary/aromatic N) is 1. The molecule has 2 aromatic rings. The quantitative estimate of drug-likeness (QED) is 0.588.